The van der Waals surface area contributed by atoms with Gasteiger partial charge in [-0.2, -0.15) is 0 Å². The smallest absolute Gasteiger partial charge is 0.358 e. The summed E-state index contributed by atoms with van der Waals surface area (Å²) in [6.45, 7) is 8.06. The average molecular weight is 394 g/mol. The Morgan fingerprint density at radius 2 is 1.64 bits per heavy atom. The molecule has 5 heteroatoms. The molecule has 0 aliphatic rings. The van der Waals surface area contributed by atoms with E-state index in [-0.39, 0.29) is 23.5 Å². The Kier molecular flexibility index (Phi) is 5.75. The number of nitrogens with zero attached hydrogens (tertiary/aromatic N) is 1. The van der Waals surface area contributed by atoms with Crippen LogP contribution in [0.3, 0.4) is 0 Å². The third-order valence-electron chi connectivity index (χ3n) is 4.42. The fraction of sp³-hybridized carbons (Fsp3) is 0.261. The molecule has 0 aliphatic carbocycles. The van der Waals surface area contributed by atoms with Gasteiger partial charge in [0, 0.05) is 16.5 Å². The van der Waals surface area contributed by atoms with E-state index < -0.39 is 5.97 Å². The summed E-state index contributed by atoms with van der Waals surface area (Å²) < 4.78 is 5.17. The second-order valence-corrected chi connectivity index (χ2v) is 8.59. The molecular formula is C23H23NO3S. The van der Waals surface area contributed by atoms with Crippen molar-refractivity contribution in [2.45, 2.75) is 33.1 Å². The van der Waals surface area contributed by atoms with E-state index in [2.05, 4.69) is 25.8 Å². The number of esters is 1. The van der Waals surface area contributed by atoms with Crippen molar-refractivity contribution in [2.75, 3.05) is 6.61 Å². The van der Waals surface area contributed by atoms with E-state index in [4.69, 9.17) is 4.74 Å². The van der Waals surface area contributed by atoms with E-state index in [9.17, 15) is 9.59 Å². The van der Waals surface area contributed by atoms with Crippen LogP contribution in [0.1, 0.15) is 52.7 Å². The van der Waals surface area contributed by atoms with Gasteiger partial charge in [-0.15, -0.1) is 11.3 Å². The van der Waals surface area contributed by atoms with Crippen LogP contribution in [-0.4, -0.2) is 23.3 Å². The summed E-state index contributed by atoms with van der Waals surface area (Å²) in [5.41, 5.74) is 4.02. The van der Waals surface area contributed by atoms with E-state index in [1.54, 1.807) is 17.5 Å². The van der Waals surface area contributed by atoms with E-state index in [1.807, 2.05) is 43.3 Å². The maximum atomic E-state index is 12.3. The second kappa shape index (κ2) is 8.07. The van der Waals surface area contributed by atoms with Gasteiger partial charge in [-0.1, -0.05) is 74.9 Å². The zero-order valence-electron chi connectivity index (χ0n) is 16.5. The van der Waals surface area contributed by atoms with Crippen molar-refractivity contribution in [3.05, 3.63) is 76.3 Å². The van der Waals surface area contributed by atoms with Crippen LogP contribution in [0.25, 0.3) is 10.6 Å². The highest BCUT2D eigenvalue weighted by Crippen LogP contribution is 2.25. The van der Waals surface area contributed by atoms with Gasteiger partial charge in [0.25, 0.3) is 0 Å². The third kappa shape index (κ3) is 4.73. The Balaban J connectivity index is 1.61. The average Bonchev–Trinajstić information content (AvgIpc) is 3.16. The fourth-order valence-electron chi connectivity index (χ4n) is 2.64. The maximum absolute atomic E-state index is 12.3. The van der Waals surface area contributed by atoms with Crippen LogP contribution in [0.2, 0.25) is 0 Å². The van der Waals surface area contributed by atoms with Crippen LogP contribution in [0.15, 0.2) is 53.9 Å². The Hall–Kier alpha value is -2.79. The molecule has 2 aromatic carbocycles. The lowest BCUT2D eigenvalue weighted by Gasteiger charge is -2.18. The number of thiazole rings is 1. The lowest BCUT2D eigenvalue weighted by molar-refractivity contribution is 0.0470. The number of hydrogen-bond donors (Lipinski definition) is 0. The standard InChI is InChI=1S/C23H23NO3S/c1-15-5-7-17(8-6-15)21-24-19(14-28-21)22(26)27-13-20(25)16-9-11-18(12-10-16)23(2,3)4/h5-12,14H,13H2,1-4H3. The Labute approximate surface area is 169 Å². The summed E-state index contributed by atoms with van der Waals surface area (Å²) >= 11 is 1.37. The Morgan fingerprint density at radius 1 is 1.00 bits per heavy atom. The van der Waals surface area contributed by atoms with Crippen molar-refractivity contribution in [3.8, 4) is 10.6 Å². The molecule has 0 bridgehead atoms. The third-order valence-corrected chi connectivity index (χ3v) is 5.31. The van der Waals surface area contributed by atoms with Crippen molar-refractivity contribution < 1.29 is 14.3 Å². The van der Waals surface area contributed by atoms with Gasteiger partial charge in [-0.3, -0.25) is 4.79 Å². The van der Waals surface area contributed by atoms with Crippen molar-refractivity contribution in [3.63, 3.8) is 0 Å². The lowest BCUT2D eigenvalue weighted by atomic mass is 9.86. The molecule has 28 heavy (non-hydrogen) atoms. The molecule has 144 valence electrons. The van der Waals surface area contributed by atoms with Crippen molar-refractivity contribution in [1.82, 2.24) is 4.98 Å². The van der Waals surface area contributed by atoms with E-state index in [1.165, 1.54) is 11.3 Å². The fourth-order valence-corrected chi connectivity index (χ4v) is 3.44. The maximum Gasteiger partial charge on any atom is 0.358 e. The first-order chi connectivity index (χ1) is 13.2. The number of ether oxygens (including phenoxy) is 1. The van der Waals surface area contributed by atoms with Gasteiger partial charge in [-0.25, -0.2) is 9.78 Å². The van der Waals surface area contributed by atoms with Crippen LogP contribution in [0.4, 0.5) is 0 Å². The molecule has 0 radical (unpaired) electrons. The molecule has 0 aliphatic heterocycles. The number of carbonyl (C=O) groups excluding carboxylic acids is 2. The Bertz CT molecular complexity index is 980. The SMILES string of the molecule is Cc1ccc(-c2nc(C(=O)OCC(=O)c3ccc(C(C)(C)C)cc3)cs2)cc1. The van der Waals surface area contributed by atoms with Crippen LogP contribution in [-0.2, 0) is 10.2 Å². The molecular weight excluding hydrogens is 370 g/mol. The number of aryl methyl sites for hydroxylation is 1. The summed E-state index contributed by atoms with van der Waals surface area (Å²) in [5.74, 6) is -0.822. The van der Waals surface area contributed by atoms with Gasteiger partial charge < -0.3 is 4.74 Å². The van der Waals surface area contributed by atoms with Gasteiger partial charge in [0.1, 0.15) is 5.01 Å². The number of Topliss-reactive ketones (excluding diaryl/α,β-unsaturated/α-hetero) is 1. The van der Waals surface area contributed by atoms with Crippen LogP contribution < -0.4 is 0 Å². The van der Waals surface area contributed by atoms with Crippen LogP contribution in [0, 0.1) is 6.92 Å². The van der Waals surface area contributed by atoms with Crippen molar-refractivity contribution >= 4 is 23.1 Å². The molecule has 0 fully saturated rings. The van der Waals surface area contributed by atoms with E-state index in [0.29, 0.717) is 5.56 Å². The Morgan fingerprint density at radius 3 is 2.25 bits per heavy atom. The highest BCUT2D eigenvalue weighted by molar-refractivity contribution is 7.13. The molecule has 3 rings (SSSR count). The molecule has 0 spiro atoms. The van der Waals surface area contributed by atoms with E-state index in [0.717, 1.165) is 21.7 Å². The topological polar surface area (TPSA) is 56.3 Å². The summed E-state index contributed by atoms with van der Waals surface area (Å²) in [7, 11) is 0. The number of rotatable bonds is 5. The van der Waals surface area contributed by atoms with E-state index >= 15 is 0 Å². The van der Waals surface area contributed by atoms with Gasteiger partial charge in [0.05, 0.1) is 0 Å². The summed E-state index contributed by atoms with van der Waals surface area (Å²) in [4.78, 5) is 28.9. The number of hydrogen-bond acceptors (Lipinski definition) is 5. The van der Waals surface area contributed by atoms with Crippen LogP contribution >= 0.6 is 11.3 Å². The molecule has 4 nitrogen and oxygen atoms in total. The van der Waals surface area contributed by atoms with Gasteiger partial charge in [0.2, 0.25) is 0 Å². The minimum atomic E-state index is -0.589. The highest BCUT2D eigenvalue weighted by atomic mass is 32.1. The predicted octanol–water partition coefficient (Wildman–Crippen LogP) is 5.46. The summed E-state index contributed by atoms with van der Waals surface area (Å²) in [5, 5.41) is 2.40. The monoisotopic (exact) mass is 393 g/mol. The van der Waals surface area contributed by atoms with Gasteiger partial charge >= 0.3 is 5.97 Å². The number of benzene rings is 2. The van der Waals surface area contributed by atoms with Crippen molar-refractivity contribution in [2.24, 2.45) is 0 Å². The van der Waals surface area contributed by atoms with Gasteiger partial charge in [0.15, 0.2) is 18.1 Å². The highest BCUT2D eigenvalue weighted by Gasteiger charge is 2.17. The van der Waals surface area contributed by atoms with Crippen molar-refractivity contribution in [1.29, 1.82) is 0 Å². The zero-order valence-corrected chi connectivity index (χ0v) is 17.3. The molecule has 0 amide bonds. The number of ketones is 1. The zero-order chi connectivity index (χ0) is 20.3. The first-order valence-electron chi connectivity index (χ1n) is 9.07. The first-order valence-corrected chi connectivity index (χ1v) is 9.95. The molecule has 0 saturated carbocycles. The normalized spacial score (nSPS) is 11.3. The second-order valence-electron chi connectivity index (χ2n) is 7.73. The molecule has 0 unspecified atom stereocenters. The largest absolute Gasteiger partial charge is 0.453 e. The molecule has 3 aromatic rings. The van der Waals surface area contributed by atoms with Crippen LogP contribution in [0.5, 0.6) is 0 Å². The first kappa shape index (κ1) is 20.0. The molecule has 0 N–H and O–H groups in total. The molecule has 0 atom stereocenters. The molecule has 1 heterocycles. The minimum Gasteiger partial charge on any atom is -0.453 e. The van der Waals surface area contributed by atoms with Gasteiger partial charge in [-0.05, 0) is 17.9 Å². The predicted molar refractivity (Wildman–Crippen MR) is 112 cm³/mol. The lowest BCUT2D eigenvalue weighted by Crippen LogP contribution is -2.15. The number of carbonyl (C=O) groups is 2. The summed E-state index contributed by atoms with van der Waals surface area (Å²) in [6, 6.07) is 15.3. The minimum absolute atomic E-state index is 0.0216. The quantitative estimate of drug-likeness (QED) is 0.427. The molecule has 1 aromatic heterocycles. The summed E-state index contributed by atoms with van der Waals surface area (Å²) in [6.07, 6.45) is 0. The molecule has 0 saturated heterocycles. The number of aromatic nitrogens is 1.